The molecular weight excluding hydrogens is 294 g/mol. The van der Waals surface area contributed by atoms with E-state index in [1.54, 1.807) is 24.8 Å². The molecule has 0 atom stereocenters. The second kappa shape index (κ2) is 7.21. The second-order valence-corrected chi connectivity index (χ2v) is 6.31. The normalized spacial score (nSPS) is 16.0. The number of carbonyl (C=O) groups excluding carboxylic acids is 1. The zero-order valence-corrected chi connectivity index (χ0v) is 14.5. The Morgan fingerprint density at radius 3 is 2.61 bits per heavy atom. The molecule has 1 aromatic carbocycles. The number of carbonyl (C=O) groups is 1. The summed E-state index contributed by atoms with van der Waals surface area (Å²) in [5.74, 6) is 1.11. The first kappa shape index (κ1) is 17.6. The second-order valence-electron chi connectivity index (χ2n) is 6.31. The van der Waals surface area contributed by atoms with Crippen molar-refractivity contribution in [1.29, 1.82) is 0 Å². The van der Waals surface area contributed by atoms with Crippen molar-refractivity contribution in [2.75, 3.05) is 18.1 Å². The molecule has 0 aliphatic carbocycles. The number of benzene rings is 1. The molecule has 1 heterocycles. The lowest BCUT2D eigenvalue weighted by Crippen LogP contribution is -2.52. The first-order valence-electron chi connectivity index (χ1n) is 8.36. The van der Waals surface area contributed by atoms with Crippen LogP contribution >= 0.6 is 0 Å². The Labute approximate surface area is 138 Å². The smallest absolute Gasteiger partial charge is 0.270 e. The Morgan fingerprint density at radius 2 is 2.00 bits per heavy atom. The molecule has 0 fully saturated rings. The molecule has 5 heteroatoms. The third-order valence-corrected chi connectivity index (χ3v) is 3.97. The Hall–Kier alpha value is -1.75. The molecule has 5 nitrogen and oxygen atoms in total. The van der Waals surface area contributed by atoms with Gasteiger partial charge in [-0.25, -0.2) is 0 Å². The van der Waals surface area contributed by atoms with Crippen LogP contribution < -0.4 is 14.4 Å². The van der Waals surface area contributed by atoms with E-state index in [0.29, 0.717) is 35.9 Å². The predicted molar refractivity (Wildman–Crippen MR) is 90.1 cm³/mol. The van der Waals surface area contributed by atoms with Gasteiger partial charge in [-0.05, 0) is 44.9 Å². The van der Waals surface area contributed by atoms with E-state index in [1.165, 1.54) is 0 Å². The van der Waals surface area contributed by atoms with Crippen LogP contribution in [0.4, 0.5) is 5.69 Å². The van der Waals surface area contributed by atoms with Gasteiger partial charge in [-0.1, -0.05) is 19.8 Å². The van der Waals surface area contributed by atoms with E-state index in [0.717, 1.165) is 19.3 Å². The van der Waals surface area contributed by atoms with Crippen molar-refractivity contribution in [3.63, 3.8) is 0 Å². The number of ether oxygens (including phenoxy) is 2. The van der Waals surface area contributed by atoms with Crippen LogP contribution in [0.25, 0.3) is 0 Å². The molecule has 0 radical (unpaired) electrons. The lowest BCUT2D eigenvalue weighted by Gasteiger charge is -2.39. The average molecular weight is 321 g/mol. The molecule has 0 aromatic heterocycles. The van der Waals surface area contributed by atoms with Crippen LogP contribution in [0.1, 0.15) is 52.5 Å². The molecule has 0 unspecified atom stereocenters. The van der Waals surface area contributed by atoms with Gasteiger partial charge in [0.2, 0.25) is 0 Å². The Kier molecular flexibility index (Phi) is 5.52. The lowest BCUT2D eigenvalue weighted by atomic mass is 10.0. The number of anilines is 1. The van der Waals surface area contributed by atoms with Gasteiger partial charge in [-0.2, -0.15) is 0 Å². The van der Waals surface area contributed by atoms with E-state index < -0.39 is 5.60 Å². The number of amides is 1. The monoisotopic (exact) mass is 321 g/mol. The highest BCUT2D eigenvalue weighted by Crippen LogP contribution is 2.45. The van der Waals surface area contributed by atoms with Crippen LogP contribution in [0, 0.1) is 0 Å². The third-order valence-electron chi connectivity index (χ3n) is 3.97. The molecule has 1 aliphatic rings. The zero-order chi connectivity index (χ0) is 17.0. The summed E-state index contributed by atoms with van der Waals surface area (Å²) in [5, 5.41) is 9.50. The maximum atomic E-state index is 12.8. The van der Waals surface area contributed by atoms with E-state index in [4.69, 9.17) is 9.47 Å². The molecule has 0 saturated carbocycles. The summed E-state index contributed by atoms with van der Waals surface area (Å²) in [4.78, 5) is 14.5. The maximum Gasteiger partial charge on any atom is 0.270 e. The van der Waals surface area contributed by atoms with Crippen molar-refractivity contribution in [1.82, 2.24) is 0 Å². The number of hydrogen-bond acceptors (Lipinski definition) is 4. The number of aliphatic hydroxyl groups is 1. The van der Waals surface area contributed by atoms with Crippen LogP contribution in [0.5, 0.6) is 11.5 Å². The largest absolute Gasteiger partial charge is 0.490 e. The highest BCUT2D eigenvalue weighted by atomic mass is 16.5. The highest BCUT2D eigenvalue weighted by Gasteiger charge is 2.42. The predicted octanol–water partition coefficient (Wildman–Crippen LogP) is 3.27. The number of unbranched alkanes of at least 4 members (excludes halogenated alkanes) is 2. The summed E-state index contributed by atoms with van der Waals surface area (Å²) >= 11 is 0. The minimum atomic E-state index is -0.925. The van der Waals surface area contributed by atoms with Gasteiger partial charge in [0.05, 0.1) is 18.9 Å². The Morgan fingerprint density at radius 1 is 1.26 bits per heavy atom. The number of aliphatic hydroxyl groups excluding tert-OH is 1. The molecule has 0 saturated heterocycles. The minimum Gasteiger partial charge on any atom is -0.490 e. The molecule has 1 amide bonds. The molecule has 1 N–H and O–H groups in total. The molecule has 0 bridgehead atoms. The Balaban J connectivity index is 2.48. The van der Waals surface area contributed by atoms with Gasteiger partial charge in [0.15, 0.2) is 17.1 Å². The molecule has 23 heavy (non-hydrogen) atoms. The summed E-state index contributed by atoms with van der Waals surface area (Å²) in [6, 6.07) is 3.59. The molecule has 128 valence electrons. The fourth-order valence-electron chi connectivity index (χ4n) is 2.78. The Bertz CT molecular complexity index is 568. The molecule has 2 rings (SSSR count). The van der Waals surface area contributed by atoms with Crippen LogP contribution in [-0.4, -0.2) is 29.8 Å². The highest BCUT2D eigenvalue weighted by molar-refractivity contribution is 6.03. The zero-order valence-electron chi connectivity index (χ0n) is 14.5. The first-order chi connectivity index (χ1) is 10.9. The molecular formula is C18H27NO4. The van der Waals surface area contributed by atoms with Crippen molar-refractivity contribution in [2.24, 2.45) is 0 Å². The summed E-state index contributed by atoms with van der Waals surface area (Å²) in [5.41, 5.74) is 0.482. The van der Waals surface area contributed by atoms with E-state index in [1.807, 2.05) is 13.0 Å². The van der Waals surface area contributed by atoms with Gasteiger partial charge in [-0.3, -0.25) is 4.79 Å². The molecule has 1 aromatic rings. The van der Waals surface area contributed by atoms with Gasteiger partial charge in [-0.15, -0.1) is 0 Å². The molecule has 0 spiro atoms. The fraction of sp³-hybridized carbons (Fsp3) is 0.611. The van der Waals surface area contributed by atoms with Gasteiger partial charge in [0.25, 0.3) is 5.91 Å². The number of fused-ring (bicyclic) bond motifs is 1. The van der Waals surface area contributed by atoms with Gasteiger partial charge in [0, 0.05) is 6.54 Å². The number of nitrogens with zero attached hydrogens (tertiary/aromatic N) is 1. The maximum absolute atomic E-state index is 12.8. The summed E-state index contributed by atoms with van der Waals surface area (Å²) in [6.07, 6.45) is 3.10. The van der Waals surface area contributed by atoms with E-state index in [2.05, 4.69) is 6.92 Å². The fourth-order valence-corrected chi connectivity index (χ4v) is 2.78. The van der Waals surface area contributed by atoms with Crippen molar-refractivity contribution in [3.05, 3.63) is 17.7 Å². The van der Waals surface area contributed by atoms with Gasteiger partial charge in [0.1, 0.15) is 0 Å². The average Bonchev–Trinajstić information content (AvgIpc) is 2.52. The van der Waals surface area contributed by atoms with Crippen molar-refractivity contribution >= 4 is 11.6 Å². The number of rotatable bonds is 7. The topological polar surface area (TPSA) is 59.0 Å². The van der Waals surface area contributed by atoms with Crippen LogP contribution in [0.2, 0.25) is 0 Å². The van der Waals surface area contributed by atoms with Crippen LogP contribution in [-0.2, 0) is 11.4 Å². The SMILES string of the molecule is CCCCCN1C(=O)C(C)(C)Oc2c(OCC)cc(CO)cc21. The van der Waals surface area contributed by atoms with Crippen LogP contribution in [0.15, 0.2) is 12.1 Å². The minimum absolute atomic E-state index is 0.0568. The summed E-state index contributed by atoms with van der Waals surface area (Å²) in [7, 11) is 0. The van der Waals surface area contributed by atoms with Crippen molar-refractivity contribution in [2.45, 2.75) is 59.2 Å². The number of hydrogen-bond donors (Lipinski definition) is 1. The van der Waals surface area contributed by atoms with E-state index in [-0.39, 0.29) is 12.5 Å². The lowest BCUT2D eigenvalue weighted by molar-refractivity contribution is -0.132. The van der Waals surface area contributed by atoms with Crippen molar-refractivity contribution < 1.29 is 19.4 Å². The summed E-state index contributed by atoms with van der Waals surface area (Å²) in [6.45, 7) is 8.63. The van der Waals surface area contributed by atoms with Crippen molar-refractivity contribution in [3.8, 4) is 11.5 Å². The standard InChI is InChI=1S/C18H27NO4/c1-5-7-8-9-19-14-10-13(12-20)11-15(22-6-2)16(14)23-18(3,4)17(19)21/h10-11,20H,5-9,12H2,1-4H3. The summed E-state index contributed by atoms with van der Waals surface area (Å²) < 4.78 is 11.6. The van der Waals surface area contributed by atoms with E-state index in [9.17, 15) is 9.90 Å². The van der Waals surface area contributed by atoms with Gasteiger partial charge >= 0.3 is 0 Å². The van der Waals surface area contributed by atoms with Crippen LogP contribution in [0.3, 0.4) is 0 Å². The first-order valence-corrected chi connectivity index (χ1v) is 8.36. The van der Waals surface area contributed by atoms with Gasteiger partial charge < -0.3 is 19.5 Å². The quantitative estimate of drug-likeness (QED) is 0.783. The third kappa shape index (κ3) is 3.61. The van der Waals surface area contributed by atoms with E-state index >= 15 is 0 Å². The molecule has 1 aliphatic heterocycles.